The van der Waals surface area contributed by atoms with Crippen molar-refractivity contribution in [3.05, 3.63) is 18.2 Å². The quantitative estimate of drug-likeness (QED) is 0.812. The fourth-order valence-electron chi connectivity index (χ4n) is 2.32. The van der Waals surface area contributed by atoms with Crippen molar-refractivity contribution in [2.24, 2.45) is 5.41 Å². The molecule has 0 radical (unpaired) electrons. The largest absolute Gasteiger partial charge is 0.355 e. The predicted molar refractivity (Wildman–Crippen MR) is 61.9 cm³/mol. The Morgan fingerprint density at radius 3 is 2.94 bits per heavy atom. The summed E-state index contributed by atoms with van der Waals surface area (Å²) in [6.45, 7) is 2.74. The lowest BCUT2D eigenvalue weighted by Gasteiger charge is -2.21. The minimum Gasteiger partial charge on any atom is -0.355 e. The van der Waals surface area contributed by atoms with Crippen LogP contribution in [0.15, 0.2) is 12.4 Å². The van der Waals surface area contributed by atoms with E-state index in [-0.39, 0.29) is 11.3 Å². The smallest absolute Gasteiger partial charge is 0.225 e. The minimum absolute atomic E-state index is 0.122. The minimum atomic E-state index is -0.122. The zero-order valence-corrected chi connectivity index (χ0v) is 9.75. The Hall–Kier alpha value is -1.32. The van der Waals surface area contributed by atoms with E-state index in [1.54, 1.807) is 12.4 Å². The van der Waals surface area contributed by atoms with Gasteiger partial charge in [0.05, 0.1) is 0 Å². The third kappa shape index (κ3) is 2.43. The van der Waals surface area contributed by atoms with E-state index < -0.39 is 0 Å². The second-order valence-electron chi connectivity index (χ2n) is 4.81. The Morgan fingerprint density at radius 1 is 1.56 bits per heavy atom. The van der Waals surface area contributed by atoms with E-state index in [2.05, 4.69) is 22.2 Å². The Labute approximate surface area is 95.9 Å². The average Bonchev–Trinajstić information content (AvgIpc) is 2.90. The number of hydrogen-bond acceptors (Lipinski definition) is 2. The number of aromatic amines is 1. The van der Waals surface area contributed by atoms with Crippen LogP contribution in [0.1, 0.15) is 38.4 Å². The number of H-pyrrole nitrogens is 1. The van der Waals surface area contributed by atoms with Crippen molar-refractivity contribution >= 4 is 5.91 Å². The first-order valence-electron chi connectivity index (χ1n) is 5.97. The van der Waals surface area contributed by atoms with E-state index in [0.717, 1.165) is 25.1 Å². The van der Waals surface area contributed by atoms with Gasteiger partial charge < -0.3 is 10.3 Å². The second kappa shape index (κ2) is 4.68. The standard InChI is InChI=1S/C12H19N3O/c1-12(5-2-3-6-12)11(16)15-7-4-10-13-8-9-14-10/h8-9H,2-7H2,1H3,(H,13,14)(H,15,16). The van der Waals surface area contributed by atoms with Crippen molar-refractivity contribution in [2.45, 2.75) is 39.0 Å². The molecule has 0 unspecified atom stereocenters. The van der Waals surface area contributed by atoms with Crippen molar-refractivity contribution in [1.82, 2.24) is 15.3 Å². The molecule has 2 N–H and O–H groups in total. The molecular formula is C12H19N3O. The molecule has 2 rings (SSSR count). The Balaban J connectivity index is 1.75. The maximum atomic E-state index is 12.0. The van der Waals surface area contributed by atoms with Crippen LogP contribution in [0.5, 0.6) is 0 Å². The van der Waals surface area contributed by atoms with Crippen LogP contribution < -0.4 is 5.32 Å². The van der Waals surface area contributed by atoms with Gasteiger partial charge in [0.1, 0.15) is 5.82 Å². The lowest BCUT2D eigenvalue weighted by Crippen LogP contribution is -2.38. The number of nitrogens with zero attached hydrogens (tertiary/aromatic N) is 1. The summed E-state index contributed by atoms with van der Waals surface area (Å²) in [6.07, 6.45) is 8.73. The molecule has 0 aliphatic heterocycles. The molecule has 16 heavy (non-hydrogen) atoms. The first-order chi connectivity index (χ1) is 7.71. The molecule has 1 fully saturated rings. The van der Waals surface area contributed by atoms with E-state index >= 15 is 0 Å². The Bertz CT molecular complexity index is 339. The number of imidazole rings is 1. The molecule has 1 aliphatic rings. The van der Waals surface area contributed by atoms with Gasteiger partial charge in [-0.15, -0.1) is 0 Å². The van der Waals surface area contributed by atoms with E-state index in [1.807, 2.05) is 0 Å². The summed E-state index contributed by atoms with van der Waals surface area (Å²) < 4.78 is 0. The summed E-state index contributed by atoms with van der Waals surface area (Å²) in [5.41, 5.74) is -0.122. The average molecular weight is 221 g/mol. The highest BCUT2D eigenvalue weighted by molar-refractivity contribution is 5.82. The molecule has 1 saturated carbocycles. The van der Waals surface area contributed by atoms with Gasteiger partial charge in [-0.05, 0) is 12.8 Å². The van der Waals surface area contributed by atoms with Gasteiger partial charge in [0.2, 0.25) is 5.91 Å². The normalized spacial score (nSPS) is 18.6. The topological polar surface area (TPSA) is 57.8 Å². The predicted octanol–water partition coefficient (Wildman–Crippen LogP) is 1.65. The summed E-state index contributed by atoms with van der Waals surface area (Å²) in [4.78, 5) is 19.1. The molecule has 0 aromatic carbocycles. The van der Waals surface area contributed by atoms with Gasteiger partial charge in [0, 0.05) is 30.8 Å². The van der Waals surface area contributed by atoms with E-state index in [9.17, 15) is 4.79 Å². The van der Waals surface area contributed by atoms with Crippen LogP contribution in [0.2, 0.25) is 0 Å². The molecule has 1 aromatic heterocycles. The lowest BCUT2D eigenvalue weighted by atomic mass is 9.88. The highest BCUT2D eigenvalue weighted by Gasteiger charge is 2.35. The zero-order chi connectivity index (χ0) is 11.4. The molecule has 1 aromatic rings. The number of rotatable bonds is 4. The molecule has 0 saturated heterocycles. The Kier molecular flexibility index (Phi) is 3.27. The monoisotopic (exact) mass is 221 g/mol. The van der Waals surface area contributed by atoms with Gasteiger partial charge in [0.25, 0.3) is 0 Å². The second-order valence-corrected chi connectivity index (χ2v) is 4.81. The van der Waals surface area contributed by atoms with Gasteiger partial charge in [-0.3, -0.25) is 4.79 Å². The summed E-state index contributed by atoms with van der Waals surface area (Å²) in [5.74, 6) is 1.13. The van der Waals surface area contributed by atoms with Gasteiger partial charge in [-0.1, -0.05) is 19.8 Å². The summed E-state index contributed by atoms with van der Waals surface area (Å²) in [5, 5.41) is 3.00. The van der Waals surface area contributed by atoms with Gasteiger partial charge in [-0.2, -0.15) is 0 Å². The molecule has 1 amide bonds. The van der Waals surface area contributed by atoms with Crippen LogP contribution in [-0.4, -0.2) is 22.4 Å². The first kappa shape index (κ1) is 11.2. The molecule has 88 valence electrons. The molecule has 1 heterocycles. The molecule has 0 bridgehead atoms. The van der Waals surface area contributed by atoms with Crippen LogP contribution in [0.25, 0.3) is 0 Å². The van der Waals surface area contributed by atoms with E-state index in [4.69, 9.17) is 0 Å². The first-order valence-corrected chi connectivity index (χ1v) is 5.97. The van der Waals surface area contributed by atoms with Gasteiger partial charge >= 0.3 is 0 Å². The van der Waals surface area contributed by atoms with Gasteiger partial charge in [-0.25, -0.2) is 4.98 Å². The molecular weight excluding hydrogens is 202 g/mol. The number of hydrogen-bond donors (Lipinski definition) is 2. The molecule has 0 atom stereocenters. The zero-order valence-electron chi connectivity index (χ0n) is 9.75. The van der Waals surface area contributed by atoms with Crippen LogP contribution in [0.4, 0.5) is 0 Å². The van der Waals surface area contributed by atoms with E-state index in [0.29, 0.717) is 6.54 Å². The van der Waals surface area contributed by atoms with Crippen molar-refractivity contribution in [3.8, 4) is 0 Å². The maximum absolute atomic E-state index is 12.0. The third-order valence-corrected chi connectivity index (χ3v) is 3.46. The highest BCUT2D eigenvalue weighted by Crippen LogP contribution is 2.37. The number of carbonyl (C=O) groups excluding carboxylic acids is 1. The summed E-state index contributed by atoms with van der Waals surface area (Å²) >= 11 is 0. The number of aromatic nitrogens is 2. The Morgan fingerprint density at radius 2 is 2.31 bits per heavy atom. The van der Waals surface area contributed by atoms with Crippen LogP contribution in [0, 0.1) is 5.41 Å². The molecule has 1 aliphatic carbocycles. The van der Waals surface area contributed by atoms with Crippen LogP contribution in [-0.2, 0) is 11.2 Å². The fourth-order valence-corrected chi connectivity index (χ4v) is 2.32. The SMILES string of the molecule is CC1(C(=O)NCCc2ncc[nH]2)CCCC1. The maximum Gasteiger partial charge on any atom is 0.225 e. The number of amides is 1. The molecule has 4 nitrogen and oxygen atoms in total. The van der Waals surface area contributed by atoms with Crippen LogP contribution >= 0.6 is 0 Å². The summed E-state index contributed by atoms with van der Waals surface area (Å²) in [6, 6.07) is 0. The van der Waals surface area contributed by atoms with E-state index in [1.165, 1.54) is 12.8 Å². The highest BCUT2D eigenvalue weighted by atomic mass is 16.2. The van der Waals surface area contributed by atoms with Crippen molar-refractivity contribution in [1.29, 1.82) is 0 Å². The van der Waals surface area contributed by atoms with Gasteiger partial charge in [0.15, 0.2) is 0 Å². The third-order valence-electron chi connectivity index (χ3n) is 3.46. The number of carbonyl (C=O) groups is 1. The van der Waals surface area contributed by atoms with Crippen molar-refractivity contribution < 1.29 is 4.79 Å². The molecule has 4 heteroatoms. The van der Waals surface area contributed by atoms with Crippen molar-refractivity contribution in [3.63, 3.8) is 0 Å². The number of nitrogens with one attached hydrogen (secondary N) is 2. The lowest BCUT2D eigenvalue weighted by molar-refractivity contribution is -0.129. The fraction of sp³-hybridized carbons (Fsp3) is 0.667. The summed E-state index contributed by atoms with van der Waals surface area (Å²) in [7, 11) is 0. The van der Waals surface area contributed by atoms with Crippen LogP contribution in [0.3, 0.4) is 0 Å². The van der Waals surface area contributed by atoms with Crippen molar-refractivity contribution in [2.75, 3.05) is 6.54 Å². The molecule has 0 spiro atoms.